The quantitative estimate of drug-likeness (QED) is 0.527. The van der Waals surface area contributed by atoms with Gasteiger partial charge in [-0.25, -0.2) is 4.98 Å². The minimum atomic E-state index is -0.0230. The summed E-state index contributed by atoms with van der Waals surface area (Å²) in [5.41, 5.74) is 4.03. The van der Waals surface area contributed by atoms with Crippen molar-refractivity contribution in [3.05, 3.63) is 77.4 Å². The fourth-order valence-corrected chi connectivity index (χ4v) is 3.84. The summed E-state index contributed by atoms with van der Waals surface area (Å²) in [6.07, 6.45) is 3.50. The second kappa shape index (κ2) is 9.74. The van der Waals surface area contributed by atoms with Crippen LogP contribution in [-0.4, -0.2) is 24.0 Å². The number of carbonyl (C=O) groups excluding carboxylic acids is 1. The van der Waals surface area contributed by atoms with Gasteiger partial charge in [-0.15, -0.1) is 0 Å². The highest BCUT2D eigenvalue weighted by Gasteiger charge is 2.21. The highest BCUT2D eigenvalue weighted by Crippen LogP contribution is 2.31. The molecule has 0 unspecified atom stereocenters. The van der Waals surface area contributed by atoms with Gasteiger partial charge in [0, 0.05) is 30.5 Å². The van der Waals surface area contributed by atoms with E-state index in [0.717, 1.165) is 42.7 Å². The lowest BCUT2D eigenvalue weighted by Gasteiger charge is -2.21. The van der Waals surface area contributed by atoms with Crippen molar-refractivity contribution in [2.45, 2.75) is 19.4 Å². The Bertz CT molecular complexity index is 1000. The molecule has 6 heteroatoms. The van der Waals surface area contributed by atoms with Gasteiger partial charge in [0.2, 0.25) is 5.91 Å². The molecular formula is C24H25ClN4O. The van der Waals surface area contributed by atoms with Crippen molar-refractivity contribution in [1.29, 1.82) is 0 Å². The number of pyridine rings is 1. The van der Waals surface area contributed by atoms with E-state index >= 15 is 0 Å². The summed E-state index contributed by atoms with van der Waals surface area (Å²) >= 11 is 6.44. The van der Waals surface area contributed by atoms with E-state index in [2.05, 4.69) is 39.1 Å². The molecule has 3 N–H and O–H groups in total. The summed E-state index contributed by atoms with van der Waals surface area (Å²) in [5, 5.41) is 10.2. The highest BCUT2D eigenvalue weighted by atomic mass is 35.5. The molecule has 0 saturated carbocycles. The van der Waals surface area contributed by atoms with E-state index in [-0.39, 0.29) is 11.8 Å². The van der Waals surface area contributed by atoms with E-state index in [1.807, 2.05) is 42.5 Å². The van der Waals surface area contributed by atoms with Crippen LogP contribution in [0.3, 0.4) is 0 Å². The molecule has 0 spiro atoms. The molecule has 1 atom stereocenters. The van der Waals surface area contributed by atoms with Crippen molar-refractivity contribution >= 4 is 29.0 Å². The second-order valence-corrected chi connectivity index (χ2v) is 7.91. The minimum absolute atomic E-state index is 0.00116. The van der Waals surface area contributed by atoms with Crippen LogP contribution in [0, 0.1) is 5.92 Å². The largest absolute Gasteiger partial charge is 0.381 e. The van der Waals surface area contributed by atoms with Crippen LogP contribution in [0.1, 0.15) is 18.4 Å². The number of amides is 1. The van der Waals surface area contributed by atoms with E-state index < -0.39 is 0 Å². The number of benzene rings is 2. The molecule has 154 valence electrons. The Morgan fingerprint density at radius 2 is 2.00 bits per heavy atom. The topological polar surface area (TPSA) is 66.0 Å². The smallest absolute Gasteiger partial charge is 0.229 e. The third kappa shape index (κ3) is 5.17. The van der Waals surface area contributed by atoms with Gasteiger partial charge in [-0.3, -0.25) is 4.79 Å². The Hall–Kier alpha value is -2.89. The Morgan fingerprint density at radius 3 is 2.80 bits per heavy atom. The van der Waals surface area contributed by atoms with Gasteiger partial charge in [-0.1, -0.05) is 54.1 Å². The molecule has 1 aromatic heterocycles. The van der Waals surface area contributed by atoms with E-state index in [9.17, 15) is 4.79 Å². The van der Waals surface area contributed by atoms with Gasteiger partial charge in [0.1, 0.15) is 5.82 Å². The first-order valence-corrected chi connectivity index (χ1v) is 10.6. The van der Waals surface area contributed by atoms with Crippen molar-refractivity contribution in [2.24, 2.45) is 5.92 Å². The van der Waals surface area contributed by atoms with Gasteiger partial charge < -0.3 is 16.0 Å². The summed E-state index contributed by atoms with van der Waals surface area (Å²) in [6, 6.07) is 20.2. The first-order valence-electron chi connectivity index (χ1n) is 10.2. The van der Waals surface area contributed by atoms with Gasteiger partial charge in [0.05, 0.1) is 10.9 Å². The number of anilines is 2. The van der Waals surface area contributed by atoms with Crippen molar-refractivity contribution in [2.75, 3.05) is 23.7 Å². The van der Waals surface area contributed by atoms with Gasteiger partial charge in [0.25, 0.3) is 0 Å². The zero-order chi connectivity index (χ0) is 20.8. The monoisotopic (exact) mass is 420 g/mol. The third-order valence-corrected chi connectivity index (χ3v) is 5.59. The lowest BCUT2D eigenvalue weighted by atomic mass is 9.99. The van der Waals surface area contributed by atoms with Crippen LogP contribution in [0.4, 0.5) is 11.5 Å². The van der Waals surface area contributed by atoms with Gasteiger partial charge in [-0.05, 0) is 48.7 Å². The summed E-state index contributed by atoms with van der Waals surface area (Å²) in [7, 11) is 0. The summed E-state index contributed by atoms with van der Waals surface area (Å²) in [6.45, 7) is 2.42. The molecule has 1 saturated heterocycles. The molecule has 0 aliphatic carbocycles. The maximum absolute atomic E-state index is 12.5. The Labute approximate surface area is 181 Å². The number of carbonyl (C=O) groups is 1. The SMILES string of the molecule is O=C(Nc1cc(-c2cccc(NCc3ccccc3)c2)c(Cl)cn1)[C@@H]1CCCNC1. The van der Waals surface area contributed by atoms with Crippen molar-refractivity contribution < 1.29 is 4.79 Å². The van der Waals surface area contributed by atoms with Gasteiger partial charge in [0.15, 0.2) is 0 Å². The third-order valence-electron chi connectivity index (χ3n) is 5.29. The van der Waals surface area contributed by atoms with Crippen molar-refractivity contribution in [3.8, 4) is 11.1 Å². The number of halogens is 1. The van der Waals surface area contributed by atoms with Crippen LogP contribution < -0.4 is 16.0 Å². The van der Waals surface area contributed by atoms with Crippen LogP contribution >= 0.6 is 11.6 Å². The van der Waals surface area contributed by atoms with Crippen LogP contribution in [0.2, 0.25) is 5.02 Å². The number of nitrogens with one attached hydrogen (secondary N) is 3. The number of hydrogen-bond donors (Lipinski definition) is 3. The molecule has 2 heterocycles. The lowest BCUT2D eigenvalue weighted by molar-refractivity contribution is -0.120. The Balaban J connectivity index is 1.49. The second-order valence-electron chi connectivity index (χ2n) is 7.50. The van der Waals surface area contributed by atoms with Gasteiger partial charge >= 0.3 is 0 Å². The number of piperidine rings is 1. The number of hydrogen-bond acceptors (Lipinski definition) is 4. The number of aromatic nitrogens is 1. The summed E-state index contributed by atoms with van der Waals surface area (Å²) < 4.78 is 0. The molecule has 1 fully saturated rings. The molecule has 1 amide bonds. The normalized spacial score (nSPS) is 16.1. The molecule has 0 bridgehead atoms. The average molecular weight is 421 g/mol. The van der Waals surface area contributed by atoms with Crippen molar-refractivity contribution in [1.82, 2.24) is 10.3 Å². The standard InChI is InChI=1S/C24H25ClN4O/c25-22-16-28-23(29-24(30)19-9-5-11-26-15-19)13-21(22)18-8-4-10-20(12-18)27-14-17-6-2-1-3-7-17/h1-4,6-8,10,12-13,16,19,26-27H,5,9,11,14-15H2,(H,28,29,30)/t19-/m1/s1. The molecular weight excluding hydrogens is 396 g/mol. The van der Waals surface area contributed by atoms with E-state index in [0.29, 0.717) is 17.4 Å². The minimum Gasteiger partial charge on any atom is -0.381 e. The summed E-state index contributed by atoms with van der Waals surface area (Å²) in [4.78, 5) is 16.8. The fourth-order valence-electron chi connectivity index (χ4n) is 3.63. The predicted molar refractivity (Wildman–Crippen MR) is 123 cm³/mol. The van der Waals surface area contributed by atoms with Crippen LogP contribution in [0.25, 0.3) is 11.1 Å². The maximum Gasteiger partial charge on any atom is 0.229 e. The first kappa shape index (κ1) is 20.4. The van der Waals surface area contributed by atoms with Crippen LogP contribution in [0.15, 0.2) is 66.9 Å². The van der Waals surface area contributed by atoms with Crippen LogP contribution in [0.5, 0.6) is 0 Å². The number of rotatable bonds is 6. The molecule has 1 aliphatic heterocycles. The Morgan fingerprint density at radius 1 is 1.13 bits per heavy atom. The number of nitrogens with zero attached hydrogens (tertiary/aromatic N) is 1. The summed E-state index contributed by atoms with van der Waals surface area (Å²) in [5.74, 6) is 0.499. The molecule has 3 aromatic rings. The Kier molecular flexibility index (Phi) is 6.62. The lowest BCUT2D eigenvalue weighted by Crippen LogP contribution is -2.37. The molecule has 0 radical (unpaired) electrons. The van der Waals surface area contributed by atoms with Crippen LogP contribution in [-0.2, 0) is 11.3 Å². The van der Waals surface area contributed by atoms with E-state index in [1.54, 1.807) is 6.20 Å². The molecule has 2 aromatic carbocycles. The maximum atomic E-state index is 12.5. The average Bonchev–Trinajstić information content (AvgIpc) is 2.80. The fraction of sp³-hybridized carbons (Fsp3) is 0.250. The molecule has 30 heavy (non-hydrogen) atoms. The predicted octanol–water partition coefficient (Wildman–Crippen LogP) is 4.95. The van der Waals surface area contributed by atoms with E-state index in [1.165, 1.54) is 5.56 Å². The van der Waals surface area contributed by atoms with E-state index in [4.69, 9.17) is 11.6 Å². The zero-order valence-corrected chi connectivity index (χ0v) is 17.5. The molecule has 4 rings (SSSR count). The van der Waals surface area contributed by atoms with Gasteiger partial charge in [-0.2, -0.15) is 0 Å². The zero-order valence-electron chi connectivity index (χ0n) is 16.7. The first-order chi connectivity index (χ1) is 14.7. The molecule has 5 nitrogen and oxygen atoms in total. The molecule has 1 aliphatic rings. The van der Waals surface area contributed by atoms with Crippen molar-refractivity contribution in [3.63, 3.8) is 0 Å². The highest BCUT2D eigenvalue weighted by molar-refractivity contribution is 6.33.